The van der Waals surface area contributed by atoms with Crippen LogP contribution >= 0.6 is 11.6 Å². The van der Waals surface area contributed by atoms with E-state index in [0.29, 0.717) is 36.2 Å². The highest BCUT2D eigenvalue weighted by Crippen LogP contribution is 2.32. The van der Waals surface area contributed by atoms with Gasteiger partial charge in [-0.15, -0.1) is 0 Å². The largest absolute Gasteiger partial charge is 0.486 e. The van der Waals surface area contributed by atoms with E-state index in [9.17, 15) is 4.79 Å². The molecule has 138 valence electrons. The van der Waals surface area contributed by atoms with Gasteiger partial charge in [0.2, 0.25) is 0 Å². The maximum atomic E-state index is 12.6. The molecule has 0 bridgehead atoms. The summed E-state index contributed by atoms with van der Waals surface area (Å²) in [7, 11) is 0. The Morgan fingerprint density at radius 2 is 1.85 bits per heavy atom. The fourth-order valence-corrected chi connectivity index (χ4v) is 2.84. The summed E-state index contributed by atoms with van der Waals surface area (Å²) in [6, 6.07) is 12.5. The Balaban J connectivity index is 1.64. The van der Waals surface area contributed by atoms with Gasteiger partial charge < -0.3 is 19.5 Å². The quantitative estimate of drug-likeness (QED) is 0.824. The number of benzene rings is 2. The van der Waals surface area contributed by atoms with Crippen LogP contribution in [0.1, 0.15) is 31.9 Å². The summed E-state index contributed by atoms with van der Waals surface area (Å²) in [5, 5.41) is 3.63. The van der Waals surface area contributed by atoms with E-state index in [1.54, 1.807) is 24.3 Å². The van der Waals surface area contributed by atoms with Crippen molar-refractivity contribution in [3.05, 3.63) is 53.1 Å². The molecule has 1 aliphatic rings. The zero-order valence-corrected chi connectivity index (χ0v) is 15.6. The molecule has 1 N–H and O–H groups in total. The summed E-state index contributed by atoms with van der Waals surface area (Å²) < 4.78 is 16.9. The number of rotatable bonds is 6. The Morgan fingerprint density at radius 1 is 1.15 bits per heavy atom. The molecule has 5 nitrogen and oxygen atoms in total. The molecule has 0 spiro atoms. The molecular formula is C20H22ClNO4. The lowest BCUT2D eigenvalue weighted by molar-refractivity contribution is -0.128. The maximum absolute atomic E-state index is 12.6. The molecule has 2 atom stereocenters. The lowest BCUT2D eigenvalue weighted by Gasteiger charge is -2.23. The fraction of sp³-hybridized carbons (Fsp3) is 0.350. The number of hydrogen-bond acceptors (Lipinski definition) is 4. The molecule has 2 aromatic rings. The third-order valence-corrected chi connectivity index (χ3v) is 4.43. The number of hydrogen-bond donors (Lipinski definition) is 1. The highest BCUT2D eigenvalue weighted by atomic mass is 35.5. The molecule has 26 heavy (non-hydrogen) atoms. The van der Waals surface area contributed by atoms with Crippen molar-refractivity contribution in [1.82, 2.24) is 5.32 Å². The first-order chi connectivity index (χ1) is 12.6. The molecule has 1 aliphatic heterocycles. The van der Waals surface area contributed by atoms with E-state index >= 15 is 0 Å². The summed E-state index contributed by atoms with van der Waals surface area (Å²) in [5.74, 6) is 1.89. The summed E-state index contributed by atoms with van der Waals surface area (Å²) in [6.45, 7) is 4.93. The average Bonchev–Trinajstić information content (AvgIpc) is 2.67. The number of halogens is 1. The zero-order chi connectivity index (χ0) is 18.5. The highest BCUT2D eigenvalue weighted by Gasteiger charge is 2.22. The van der Waals surface area contributed by atoms with Gasteiger partial charge in [-0.05, 0) is 55.3 Å². The van der Waals surface area contributed by atoms with E-state index in [2.05, 4.69) is 5.32 Å². The van der Waals surface area contributed by atoms with E-state index in [1.165, 1.54) is 0 Å². The van der Waals surface area contributed by atoms with E-state index in [0.717, 1.165) is 11.3 Å². The van der Waals surface area contributed by atoms with Crippen LogP contribution in [0.4, 0.5) is 0 Å². The number of carbonyl (C=O) groups excluding carboxylic acids is 1. The lowest BCUT2D eigenvalue weighted by Crippen LogP contribution is -2.39. The van der Waals surface area contributed by atoms with Crippen LogP contribution in [0.3, 0.4) is 0 Å². The van der Waals surface area contributed by atoms with Crippen LogP contribution in [0.2, 0.25) is 5.02 Å². The molecule has 0 aliphatic carbocycles. The smallest absolute Gasteiger partial charge is 0.261 e. The monoisotopic (exact) mass is 375 g/mol. The number of fused-ring (bicyclic) bond motifs is 1. The SMILES string of the molecule is CC[C@@H](Oc1ccc(Cl)cc1)C(=O)N[C@H](C)c1ccc2c(c1)OCCO2. The van der Waals surface area contributed by atoms with Gasteiger partial charge in [0.25, 0.3) is 5.91 Å². The summed E-state index contributed by atoms with van der Waals surface area (Å²) in [5.41, 5.74) is 0.948. The molecule has 1 amide bonds. The van der Waals surface area contributed by atoms with E-state index in [1.807, 2.05) is 32.0 Å². The number of nitrogens with one attached hydrogen (secondary N) is 1. The van der Waals surface area contributed by atoms with Crippen molar-refractivity contribution in [2.45, 2.75) is 32.4 Å². The molecule has 2 aromatic carbocycles. The molecule has 0 saturated heterocycles. The van der Waals surface area contributed by atoms with Gasteiger partial charge in [-0.25, -0.2) is 0 Å². The predicted molar refractivity (Wildman–Crippen MR) is 100 cm³/mol. The molecular weight excluding hydrogens is 354 g/mol. The molecule has 0 aromatic heterocycles. The van der Waals surface area contributed by atoms with E-state index in [4.69, 9.17) is 25.8 Å². The molecule has 0 saturated carbocycles. The Hall–Kier alpha value is -2.40. The van der Waals surface area contributed by atoms with Crippen molar-refractivity contribution in [3.8, 4) is 17.2 Å². The first-order valence-corrected chi connectivity index (χ1v) is 9.06. The summed E-state index contributed by atoms with van der Waals surface area (Å²) in [4.78, 5) is 12.6. The molecule has 0 fully saturated rings. The van der Waals surface area contributed by atoms with Crippen LogP contribution in [0.25, 0.3) is 0 Å². The topological polar surface area (TPSA) is 56.8 Å². The Morgan fingerprint density at radius 3 is 2.54 bits per heavy atom. The Kier molecular flexibility index (Phi) is 5.89. The van der Waals surface area contributed by atoms with Gasteiger partial charge in [-0.2, -0.15) is 0 Å². The third kappa shape index (κ3) is 4.41. The van der Waals surface area contributed by atoms with Crippen molar-refractivity contribution in [2.24, 2.45) is 0 Å². The van der Waals surface area contributed by atoms with Gasteiger partial charge >= 0.3 is 0 Å². The lowest BCUT2D eigenvalue weighted by atomic mass is 10.1. The predicted octanol–water partition coefficient (Wildman–Crippen LogP) is 4.15. The molecule has 0 radical (unpaired) electrons. The average molecular weight is 376 g/mol. The summed E-state index contributed by atoms with van der Waals surface area (Å²) in [6.07, 6.45) is -0.0154. The van der Waals surface area contributed by atoms with E-state index < -0.39 is 6.10 Å². The van der Waals surface area contributed by atoms with Crippen molar-refractivity contribution in [2.75, 3.05) is 13.2 Å². The van der Waals surface area contributed by atoms with Crippen molar-refractivity contribution < 1.29 is 19.0 Å². The van der Waals surface area contributed by atoms with Crippen molar-refractivity contribution in [3.63, 3.8) is 0 Å². The standard InChI is InChI=1S/C20H22ClNO4/c1-3-17(26-16-7-5-15(21)6-8-16)20(23)22-13(2)14-4-9-18-19(12-14)25-11-10-24-18/h4-9,12-13,17H,3,10-11H2,1-2H3,(H,22,23)/t13-,17-/m1/s1. The van der Waals surface area contributed by atoms with Gasteiger partial charge in [0.1, 0.15) is 19.0 Å². The fourth-order valence-electron chi connectivity index (χ4n) is 2.72. The van der Waals surface area contributed by atoms with Gasteiger partial charge in [-0.1, -0.05) is 24.6 Å². The normalized spacial score (nSPS) is 15.0. The van der Waals surface area contributed by atoms with Crippen LogP contribution in [-0.2, 0) is 4.79 Å². The van der Waals surface area contributed by atoms with E-state index in [-0.39, 0.29) is 11.9 Å². The molecule has 0 unspecified atom stereocenters. The maximum Gasteiger partial charge on any atom is 0.261 e. The second-order valence-electron chi connectivity index (χ2n) is 6.10. The minimum Gasteiger partial charge on any atom is -0.486 e. The second kappa shape index (κ2) is 8.32. The van der Waals surface area contributed by atoms with Gasteiger partial charge in [0.05, 0.1) is 6.04 Å². The Bertz CT molecular complexity index is 763. The van der Waals surface area contributed by atoms with Crippen LogP contribution in [0.15, 0.2) is 42.5 Å². The molecule has 1 heterocycles. The number of ether oxygens (including phenoxy) is 3. The van der Waals surface area contributed by atoms with Crippen LogP contribution in [0.5, 0.6) is 17.2 Å². The number of amides is 1. The van der Waals surface area contributed by atoms with Crippen molar-refractivity contribution >= 4 is 17.5 Å². The second-order valence-corrected chi connectivity index (χ2v) is 6.54. The highest BCUT2D eigenvalue weighted by molar-refractivity contribution is 6.30. The minimum atomic E-state index is -0.573. The first kappa shape index (κ1) is 18.4. The van der Waals surface area contributed by atoms with Gasteiger partial charge in [0.15, 0.2) is 17.6 Å². The van der Waals surface area contributed by atoms with Crippen LogP contribution in [0, 0.1) is 0 Å². The third-order valence-electron chi connectivity index (χ3n) is 4.18. The Labute approximate surface area is 158 Å². The van der Waals surface area contributed by atoms with Crippen molar-refractivity contribution in [1.29, 1.82) is 0 Å². The van der Waals surface area contributed by atoms with Crippen LogP contribution in [-0.4, -0.2) is 25.2 Å². The van der Waals surface area contributed by atoms with Gasteiger partial charge in [0, 0.05) is 5.02 Å². The molecule has 6 heteroatoms. The van der Waals surface area contributed by atoms with Crippen LogP contribution < -0.4 is 19.5 Å². The number of carbonyl (C=O) groups is 1. The summed E-state index contributed by atoms with van der Waals surface area (Å²) >= 11 is 5.88. The first-order valence-electron chi connectivity index (χ1n) is 8.69. The van der Waals surface area contributed by atoms with Gasteiger partial charge in [-0.3, -0.25) is 4.79 Å². The molecule has 3 rings (SSSR count). The minimum absolute atomic E-state index is 0.162. The zero-order valence-electron chi connectivity index (χ0n) is 14.8.